The lowest BCUT2D eigenvalue weighted by molar-refractivity contribution is 0.0708. The lowest BCUT2D eigenvalue weighted by Gasteiger charge is -2.34. The molecule has 0 unspecified atom stereocenters. The van der Waals surface area contributed by atoms with Crippen molar-refractivity contribution in [3.63, 3.8) is 0 Å². The van der Waals surface area contributed by atoms with Gasteiger partial charge in [-0.25, -0.2) is 17.8 Å². The van der Waals surface area contributed by atoms with Crippen LogP contribution < -0.4 is 5.32 Å². The van der Waals surface area contributed by atoms with Crippen molar-refractivity contribution < 1.29 is 17.9 Å². The first kappa shape index (κ1) is 46.0. The third-order valence-corrected chi connectivity index (χ3v) is 14.9. The van der Waals surface area contributed by atoms with Crippen LogP contribution in [0.25, 0.3) is 0 Å². The van der Waals surface area contributed by atoms with Gasteiger partial charge in [0.05, 0.1) is 0 Å². The molecule has 20 heteroatoms. The Kier molecular flexibility index (Phi) is 20.0. The molecule has 2 aromatic heterocycles. The summed E-state index contributed by atoms with van der Waals surface area (Å²) in [6.45, 7) is 19.1. The number of hydrogen-bond donors (Lipinski definition) is 1. The van der Waals surface area contributed by atoms with Crippen LogP contribution in [0.3, 0.4) is 0 Å². The van der Waals surface area contributed by atoms with Crippen molar-refractivity contribution in [1.29, 1.82) is 0 Å². The molecule has 2 aliphatic rings. The van der Waals surface area contributed by atoms with Crippen LogP contribution in [0, 0.1) is 0 Å². The number of piperidine rings is 2. The number of hydrogen-bond acceptors (Lipinski definition) is 11. The van der Waals surface area contributed by atoms with Crippen LogP contribution in [-0.2, 0) is 33.0 Å². The third-order valence-electron chi connectivity index (χ3n) is 8.40. The molecule has 50 heavy (non-hydrogen) atoms. The van der Waals surface area contributed by atoms with Crippen LogP contribution in [0.5, 0.6) is 0 Å². The van der Waals surface area contributed by atoms with Crippen molar-refractivity contribution in [3.05, 3.63) is 14.2 Å². The molecule has 0 aliphatic carbocycles. The summed E-state index contributed by atoms with van der Waals surface area (Å²) in [6.07, 6.45) is 4.25. The second kappa shape index (κ2) is 21.7. The fourth-order valence-electron chi connectivity index (χ4n) is 5.05. The van der Waals surface area contributed by atoms with Crippen molar-refractivity contribution in [2.75, 3.05) is 67.6 Å². The van der Waals surface area contributed by atoms with E-state index in [9.17, 15) is 8.42 Å². The van der Waals surface area contributed by atoms with Crippen molar-refractivity contribution in [2.45, 2.75) is 108 Å². The lowest BCUT2D eigenvalue weighted by atomic mass is 10.1. The molecule has 0 saturated carbocycles. The molecule has 0 aromatic carbocycles. The normalized spacial score (nSPS) is 17.1. The zero-order valence-corrected chi connectivity index (χ0v) is 39.3. The van der Waals surface area contributed by atoms with Gasteiger partial charge in [-0.05, 0) is 127 Å². The molecule has 2 aromatic rings. The predicted molar refractivity (Wildman–Crippen MR) is 216 cm³/mol. The van der Waals surface area contributed by atoms with Crippen molar-refractivity contribution in [2.24, 2.45) is 0 Å². The van der Waals surface area contributed by atoms with Gasteiger partial charge in [0, 0.05) is 54.5 Å². The van der Waals surface area contributed by atoms with Crippen LogP contribution >= 0.6 is 47.8 Å². The molecule has 0 radical (unpaired) electrons. The van der Waals surface area contributed by atoms with Crippen LogP contribution in [0.4, 0.5) is 0 Å². The molecule has 0 atom stereocenters. The number of nitrogens with one attached hydrogen (secondary N) is 1. The van der Waals surface area contributed by atoms with E-state index in [4.69, 9.17) is 9.47 Å². The minimum absolute atomic E-state index is 0.0549. The molecule has 4 rings (SSSR count). The Morgan fingerprint density at radius 1 is 0.740 bits per heavy atom. The van der Waals surface area contributed by atoms with Gasteiger partial charge in [0.2, 0.25) is 9.47 Å². The minimum Gasteiger partial charge on any atom is -0.359 e. The van der Waals surface area contributed by atoms with Gasteiger partial charge in [-0.2, -0.15) is 14.3 Å². The molecule has 2 aliphatic heterocycles. The maximum atomic E-state index is 13.0. The average molecular weight is 954 g/mol. The first-order valence-electron chi connectivity index (χ1n) is 17.2. The van der Waals surface area contributed by atoms with Gasteiger partial charge in [0.1, 0.15) is 13.5 Å². The summed E-state index contributed by atoms with van der Waals surface area (Å²) in [5, 5.41) is 11.5. The molecule has 2 fully saturated rings. The molecule has 290 valence electrons. The highest BCUT2D eigenvalue weighted by Gasteiger charge is 2.34. The monoisotopic (exact) mass is 950 g/mol. The largest absolute Gasteiger partial charge is 0.359 e. The highest BCUT2D eigenvalue weighted by molar-refractivity contribution is 9.11. The third kappa shape index (κ3) is 17.3. The van der Waals surface area contributed by atoms with Crippen LogP contribution in [0.2, 0.25) is 51.4 Å². The van der Waals surface area contributed by atoms with Gasteiger partial charge in [0.25, 0.3) is 15.2 Å². The Bertz CT molecular complexity index is 1370. The first-order valence-corrected chi connectivity index (χ1v) is 28.5. The smallest absolute Gasteiger partial charge is 0.278 e. The average Bonchev–Trinajstić information content (AvgIpc) is 3.57. The predicted octanol–water partition coefficient (Wildman–Crippen LogP) is 5.48. The van der Waals surface area contributed by atoms with Crippen molar-refractivity contribution in [3.8, 4) is 0 Å². The summed E-state index contributed by atoms with van der Waals surface area (Å²) < 4.78 is 43.2. The number of nitrogens with zero attached hydrogens (tertiary/aromatic N) is 9. The van der Waals surface area contributed by atoms with E-state index in [1.54, 1.807) is 4.68 Å². The first-order chi connectivity index (χ1) is 23.2. The molecule has 0 bridgehead atoms. The van der Waals surface area contributed by atoms with Crippen LogP contribution in [-0.4, -0.2) is 148 Å². The number of sulfonamides is 1. The highest BCUT2D eigenvalue weighted by atomic mass is 79.9. The van der Waals surface area contributed by atoms with E-state index in [-0.39, 0.29) is 16.6 Å². The molecule has 14 nitrogen and oxygen atoms in total. The Labute approximate surface area is 328 Å². The summed E-state index contributed by atoms with van der Waals surface area (Å²) in [7, 11) is 2.51. The lowest BCUT2D eigenvalue weighted by Crippen LogP contribution is -2.45. The number of halogens is 3. The molecular weight excluding hydrogens is 892 g/mol. The Morgan fingerprint density at radius 3 is 1.60 bits per heavy atom. The summed E-state index contributed by atoms with van der Waals surface area (Å²) >= 11 is 9.69. The molecular formula is C30H61Br3N10O4SSi2. The van der Waals surface area contributed by atoms with E-state index in [0.29, 0.717) is 41.9 Å². The van der Waals surface area contributed by atoms with Gasteiger partial charge in [0.15, 0.2) is 4.73 Å². The van der Waals surface area contributed by atoms with E-state index in [0.717, 1.165) is 31.5 Å². The van der Waals surface area contributed by atoms with Gasteiger partial charge < -0.3 is 24.6 Å². The summed E-state index contributed by atoms with van der Waals surface area (Å²) in [5.41, 5.74) is 0. The zero-order chi connectivity index (χ0) is 37.7. The summed E-state index contributed by atoms with van der Waals surface area (Å²) in [4.78, 5) is 12.6. The van der Waals surface area contributed by atoms with Crippen molar-refractivity contribution >= 4 is 74.0 Å². The van der Waals surface area contributed by atoms with E-state index >= 15 is 0 Å². The fraction of sp³-hybridized carbons (Fsp3) is 0.867. The number of ether oxygens (including phenoxy) is 2. The molecule has 0 spiro atoms. The molecule has 2 saturated heterocycles. The standard InChI is InChI=1S/C15H30BrN5O3SSi.C8H15Br2N3OSi.C7H16N2/c1-19(2)13-6-8-20(9-7-13)25(22,23)15-17-14(16)18-21(15)12-24-10-11-26(3,4)5;1-15(2,3)5-4-14-6-13-8(10)11-7(9)12-13;1-9(2)7-3-5-8-6-4-7/h13H,6-12H2,1-5H3;4-6H2,1-3H3;7-8H,3-6H2,1-2H3. The summed E-state index contributed by atoms with van der Waals surface area (Å²) in [6, 6.07) is 3.42. The fourth-order valence-corrected chi connectivity index (χ4v) is 9.47. The minimum atomic E-state index is -3.68. The molecule has 0 amide bonds. The number of rotatable bonds is 14. The molecule has 1 N–H and O–H groups in total. The van der Waals surface area contributed by atoms with Crippen molar-refractivity contribution in [1.82, 2.24) is 49.0 Å². The van der Waals surface area contributed by atoms with Gasteiger partial charge in [-0.3, -0.25) is 0 Å². The topological polar surface area (TPSA) is 136 Å². The second-order valence-corrected chi connectivity index (χ2v) is 30.8. The van der Waals surface area contributed by atoms with E-state index in [1.807, 2.05) is 14.1 Å². The Balaban J connectivity index is 0.000000301. The van der Waals surface area contributed by atoms with Gasteiger partial charge in [-0.1, -0.05) is 39.3 Å². The maximum absolute atomic E-state index is 13.0. The zero-order valence-electron chi connectivity index (χ0n) is 31.8. The number of aromatic nitrogens is 6. The highest BCUT2D eigenvalue weighted by Crippen LogP contribution is 2.23. The Hall–Kier alpha value is -0.136. The van der Waals surface area contributed by atoms with Crippen LogP contribution in [0.1, 0.15) is 25.7 Å². The molecule has 4 heterocycles. The quantitative estimate of drug-likeness (QED) is 0.191. The Morgan fingerprint density at radius 2 is 1.18 bits per heavy atom. The maximum Gasteiger partial charge on any atom is 0.278 e. The van der Waals surface area contributed by atoms with E-state index in [1.165, 1.54) is 41.0 Å². The van der Waals surface area contributed by atoms with Crippen LogP contribution in [0.15, 0.2) is 19.4 Å². The van der Waals surface area contributed by atoms with E-state index in [2.05, 4.69) is 136 Å². The van der Waals surface area contributed by atoms with E-state index < -0.39 is 26.2 Å². The summed E-state index contributed by atoms with van der Waals surface area (Å²) in [5.74, 6) is 0. The van der Waals surface area contributed by atoms with Gasteiger partial charge >= 0.3 is 0 Å². The van der Waals surface area contributed by atoms with Gasteiger partial charge in [-0.15, -0.1) is 10.2 Å². The second-order valence-electron chi connectivity index (χ2n) is 15.6. The SMILES string of the molecule is CN(C)C1CCN(S(=O)(=O)c2nc(Br)nn2COCC[Si](C)(C)C)CC1.CN(C)C1CCNCC1.C[Si](C)(C)CCOCn1nc(Br)nc1Br.